The first kappa shape index (κ1) is 16.2. The lowest BCUT2D eigenvalue weighted by Crippen LogP contribution is -2.48. The number of morpholine rings is 1. The van der Waals surface area contributed by atoms with E-state index in [1.807, 2.05) is 30.9 Å². The van der Waals surface area contributed by atoms with Gasteiger partial charge in [0.15, 0.2) is 0 Å². The molecule has 3 N–H and O–H groups in total. The minimum atomic E-state index is -0.0680. The van der Waals surface area contributed by atoms with Crippen molar-refractivity contribution in [3.05, 3.63) is 28.3 Å². The summed E-state index contributed by atoms with van der Waals surface area (Å²) in [6, 6.07) is 3.85. The van der Waals surface area contributed by atoms with Crippen molar-refractivity contribution in [2.45, 2.75) is 20.0 Å². The third-order valence-electron chi connectivity index (χ3n) is 3.55. The van der Waals surface area contributed by atoms with Gasteiger partial charge in [-0.2, -0.15) is 0 Å². The average molecular weight is 312 g/mol. The number of nitrogens with zero attached hydrogens (tertiary/aromatic N) is 1. The summed E-state index contributed by atoms with van der Waals surface area (Å²) in [5, 5.41) is 3.47. The van der Waals surface area contributed by atoms with Crippen molar-refractivity contribution in [3.8, 4) is 0 Å². The molecule has 0 aliphatic carbocycles. The van der Waals surface area contributed by atoms with Gasteiger partial charge in [-0.15, -0.1) is 0 Å². The number of aryl methyl sites for hydroxylation is 2. The van der Waals surface area contributed by atoms with Crippen molar-refractivity contribution < 1.29 is 9.53 Å². The Morgan fingerprint density at radius 1 is 1.52 bits per heavy atom. The lowest BCUT2D eigenvalue weighted by molar-refractivity contribution is -0.119. The summed E-state index contributed by atoms with van der Waals surface area (Å²) in [7, 11) is 0. The number of hydrogen-bond donors (Lipinski definition) is 2. The zero-order valence-corrected chi connectivity index (χ0v) is 13.2. The van der Waals surface area contributed by atoms with Gasteiger partial charge in [0.25, 0.3) is 0 Å². The van der Waals surface area contributed by atoms with Crippen LogP contribution in [-0.2, 0) is 9.53 Å². The summed E-state index contributed by atoms with van der Waals surface area (Å²) < 4.78 is 5.49. The van der Waals surface area contributed by atoms with Crippen molar-refractivity contribution >= 4 is 23.2 Å². The van der Waals surface area contributed by atoms with Crippen LogP contribution in [0.4, 0.5) is 5.69 Å². The van der Waals surface area contributed by atoms with E-state index in [1.54, 1.807) is 0 Å². The topological polar surface area (TPSA) is 67.6 Å². The first-order valence-corrected chi connectivity index (χ1v) is 7.48. The summed E-state index contributed by atoms with van der Waals surface area (Å²) in [6.07, 6.45) is 0.0104. The molecule has 6 heteroatoms. The second-order valence-electron chi connectivity index (χ2n) is 5.45. The Balaban J connectivity index is 1.96. The second kappa shape index (κ2) is 7.22. The number of carbonyl (C=O) groups is 1. The summed E-state index contributed by atoms with van der Waals surface area (Å²) >= 11 is 6.20. The number of amides is 1. The number of nitrogens with two attached hydrogens (primary N) is 1. The maximum atomic E-state index is 12.2. The molecule has 1 aliphatic rings. The fraction of sp³-hybridized carbons (Fsp3) is 0.533. The molecule has 0 saturated carbocycles. The molecule has 1 amide bonds. The quantitative estimate of drug-likeness (QED) is 0.885. The van der Waals surface area contributed by atoms with E-state index in [0.29, 0.717) is 37.0 Å². The molecule has 1 saturated heterocycles. The van der Waals surface area contributed by atoms with Gasteiger partial charge in [-0.25, -0.2) is 0 Å². The summed E-state index contributed by atoms with van der Waals surface area (Å²) in [6.45, 7) is 6.75. The van der Waals surface area contributed by atoms with Gasteiger partial charge in [-0.1, -0.05) is 17.7 Å². The third-order valence-corrected chi connectivity index (χ3v) is 3.85. The van der Waals surface area contributed by atoms with Crippen LogP contribution < -0.4 is 11.1 Å². The molecule has 0 aromatic heterocycles. The first-order valence-electron chi connectivity index (χ1n) is 7.10. The van der Waals surface area contributed by atoms with Crippen molar-refractivity contribution in [2.75, 3.05) is 38.1 Å². The highest BCUT2D eigenvalue weighted by Crippen LogP contribution is 2.27. The number of nitrogens with one attached hydrogen (secondary N) is 1. The molecule has 21 heavy (non-hydrogen) atoms. The minimum Gasteiger partial charge on any atom is -0.374 e. The standard InChI is InChI=1S/C15H22ClN3O2/c1-10-5-11(2)15(13(16)6-10)18-14(20)9-19-3-4-21-12(7-17)8-19/h5-6,12H,3-4,7-9,17H2,1-2H3,(H,18,20). The normalized spacial score (nSPS) is 19.5. The van der Waals surface area contributed by atoms with Gasteiger partial charge in [-0.3, -0.25) is 9.69 Å². The number of hydrogen-bond acceptors (Lipinski definition) is 4. The van der Waals surface area contributed by atoms with E-state index in [4.69, 9.17) is 22.1 Å². The number of rotatable bonds is 4. The van der Waals surface area contributed by atoms with Gasteiger partial charge >= 0.3 is 0 Å². The van der Waals surface area contributed by atoms with Gasteiger partial charge in [-0.05, 0) is 31.0 Å². The van der Waals surface area contributed by atoms with E-state index in [1.165, 1.54) is 0 Å². The van der Waals surface area contributed by atoms with Crippen LogP contribution >= 0.6 is 11.6 Å². The van der Waals surface area contributed by atoms with Crippen LogP contribution in [0.3, 0.4) is 0 Å². The van der Waals surface area contributed by atoms with E-state index in [0.717, 1.165) is 17.7 Å². The summed E-state index contributed by atoms with van der Waals surface area (Å²) in [4.78, 5) is 14.2. The highest BCUT2D eigenvalue weighted by atomic mass is 35.5. The van der Waals surface area contributed by atoms with E-state index >= 15 is 0 Å². The number of halogens is 1. The number of benzene rings is 1. The molecule has 1 fully saturated rings. The monoisotopic (exact) mass is 311 g/mol. The molecule has 1 atom stereocenters. The predicted octanol–water partition coefficient (Wildman–Crippen LogP) is 1.55. The molecule has 1 unspecified atom stereocenters. The second-order valence-corrected chi connectivity index (χ2v) is 5.86. The molecule has 2 rings (SSSR count). The smallest absolute Gasteiger partial charge is 0.238 e. The first-order chi connectivity index (χ1) is 9.99. The molecule has 5 nitrogen and oxygen atoms in total. The van der Waals surface area contributed by atoms with Gasteiger partial charge < -0.3 is 15.8 Å². The van der Waals surface area contributed by atoms with Crippen molar-refractivity contribution in [1.82, 2.24) is 4.90 Å². The number of anilines is 1. The molecule has 1 aromatic rings. The molecular weight excluding hydrogens is 290 g/mol. The Morgan fingerprint density at radius 3 is 2.95 bits per heavy atom. The number of carbonyl (C=O) groups excluding carboxylic acids is 1. The van der Waals surface area contributed by atoms with Crippen LogP contribution in [0, 0.1) is 13.8 Å². The molecule has 1 aliphatic heterocycles. The Bertz CT molecular complexity index is 499. The maximum Gasteiger partial charge on any atom is 0.238 e. The lowest BCUT2D eigenvalue weighted by Gasteiger charge is -2.31. The zero-order valence-electron chi connectivity index (χ0n) is 12.5. The van der Waals surface area contributed by atoms with Gasteiger partial charge in [0.1, 0.15) is 0 Å². The lowest BCUT2D eigenvalue weighted by atomic mass is 10.1. The molecule has 0 radical (unpaired) electrons. The van der Waals surface area contributed by atoms with Crippen LogP contribution in [0.1, 0.15) is 11.1 Å². The summed E-state index contributed by atoms with van der Waals surface area (Å²) in [5.41, 5.74) is 8.34. The van der Waals surface area contributed by atoms with E-state index < -0.39 is 0 Å². The third kappa shape index (κ3) is 4.41. The van der Waals surface area contributed by atoms with Gasteiger partial charge in [0.05, 0.1) is 30.0 Å². The Morgan fingerprint density at radius 2 is 2.29 bits per heavy atom. The van der Waals surface area contributed by atoms with Crippen LogP contribution in [0.15, 0.2) is 12.1 Å². The van der Waals surface area contributed by atoms with Gasteiger partial charge in [0, 0.05) is 19.6 Å². The van der Waals surface area contributed by atoms with Crippen LogP contribution in [0.25, 0.3) is 0 Å². The Labute approximate surface area is 130 Å². The highest BCUT2D eigenvalue weighted by Gasteiger charge is 2.21. The fourth-order valence-electron chi connectivity index (χ4n) is 2.52. The SMILES string of the molecule is Cc1cc(C)c(NC(=O)CN2CCOC(CN)C2)c(Cl)c1. The Hall–Kier alpha value is -1.14. The highest BCUT2D eigenvalue weighted by molar-refractivity contribution is 6.34. The molecule has 1 aromatic carbocycles. The predicted molar refractivity (Wildman–Crippen MR) is 84.8 cm³/mol. The Kier molecular flexibility index (Phi) is 5.58. The molecule has 116 valence electrons. The van der Waals surface area contributed by atoms with Gasteiger partial charge in [0.2, 0.25) is 5.91 Å². The molecule has 1 heterocycles. The summed E-state index contributed by atoms with van der Waals surface area (Å²) in [5.74, 6) is -0.0680. The van der Waals surface area contributed by atoms with E-state index in [2.05, 4.69) is 5.32 Å². The maximum absolute atomic E-state index is 12.2. The van der Waals surface area contributed by atoms with Crippen LogP contribution in [0.2, 0.25) is 5.02 Å². The van der Waals surface area contributed by atoms with Crippen molar-refractivity contribution in [1.29, 1.82) is 0 Å². The number of ether oxygens (including phenoxy) is 1. The molecule has 0 spiro atoms. The largest absolute Gasteiger partial charge is 0.374 e. The molecular formula is C15H22ClN3O2. The van der Waals surface area contributed by atoms with E-state index in [-0.39, 0.29) is 12.0 Å². The van der Waals surface area contributed by atoms with Crippen molar-refractivity contribution in [3.63, 3.8) is 0 Å². The fourth-order valence-corrected chi connectivity index (χ4v) is 2.89. The molecule has 0 bridgehead atoms. The van der Waals surface area contributed by atoms with Crippen LogP contribution in [-0.4, -0.2) is 49.7 Å². The average Bonchev–Trinajstić information content (AvgIpc) is 2.43. The van der Waals surface area contributed by atoms with Crippen molar-refractivity contribution in [2.24, 2.45) is 5.73 Å². The zero-order chi connectivity index (χ0) is 15.4. The van der Waals surface area contributed by atoms with Crippen LogP contribution in [0.5, 0.6) is 0 Å². The van der Waals surface area contributed by atoms with E-state index in [9.17, 15) is 4.79 Å². The minimum absolute atomic E-state index is 0.0104.